The average Bonchev–Trinajstić information content (AvgIpc) is 3.18. The first-order valence-electron chi connectivity index (χ1n) is 10.3. The van der Waals surface area contributed by atoms with Crippen LogP contribution in [0.4, 0.5) is 0 Å². The second-order valence-corrected chi connectivity index (χ2v) is 7.94. The van der Waals surface area contributed by atoms with E-state index >= 15 is 0 Å². The Bertz CT molecular complexity index is 1210. The number of halogens is 1. The van der Waals surface area contributed by atoms with Crippen LogP contribution in [0.1, 0.15) is 11.3 Å². The van der Waals surface area contributed by atoms with Crippen molar-refractivity contribution in [1.29, 1.82) is 0 Å². The fourth-order valence-electron chi connectivity index (χ4n) is 3.90. The Morgan fingerprint density at radius 3 is 2.75 bits per heavy atom. The highest BCUT2D eigenvalue weighted by Gasteiger charge is 2.22. The monoisotopic (exact) mass is 447 g/mol. The molecule has 1 aliphatic heterocycles. The van der Waals surface area contributed by atoms with Crippen molar-refractivity contribution in [1.82, 2.24) is 24.4 Å². The summed E-state index contributed by atoms with van der Waals surface area (Å²) in [5, 5.41) is 0.607. The second-order valence-electron chi connectivity index (χ2n) is 7.51. The molecule has 8 heteroatoms. The molecule has 1 aromatic carbocycles. The Morgan fingerprint density at radius 2 is 1.97 bits per heavy atom. The molecule has 4 aromatic rings. The molecule has 0 N–H and O–H groups in total. The van der Waals surface area contributed by atoms with Gasteiger partial charge in [-0.15, -0.1) is 0 Å². The van der Waals surface area contributed by atoms with E-state index < -0.39 is 0 Å². The predicted molar refractivity (Wildman–Crippen MR) is 122 cm³/mol. The lowest BCUT2D eigenvalue weighted by molar-refractivity contribution is 0.214. The van der Waals surface area contributed by atoms with Gasteiger partial charge in [-0.25, -0.2) is 9.97 Å². The maximum atomic E-state index is 6.11. The van der Waals surface area contributed by atoms with E-state index in [9.17, 15) is 0 Å². The molecular weight excluding hydrogens is 426 g/mol. The molecule has 162 valence electrons. The number of hydrogen-bond acceptors (Lipinski definition) is 6. The minimum Gasteiger partial charge on any atom is -0.493 e. The van der Waals surface area contributed by atoms with Gasteiger partial charge in [-0.1, -0.05) is 11.6 Å². The maximum absolute atomic E-state index is 6.11. The van der Waals surface area contributed by atoms with E-state index in [-0.39, 0.29) is 0 Å². The number of hydrogen-bond donors (Lipinski definition) is 0. The summed E-state index contributed by atoms with van der Waals surface area (Å²) >= 11 is 6.01. The van der Waals surface area contributed by atoms with Crippen molar-refractivity contribution in [3.8, 4) is 28.7 Å². The third kappa shape index (κ3) is 4.17. The van der Waals surface area contributed by atoms with Crippen LogP contribution in [-0.4, -0.2) is 44.7 Å². The third-order valence-electron chi connectivity index (χ3n) is 5.41. The lowest BCUT2D eigenvalue weighted by Crippen LogP contribution is -2.26. The lowest BCUT2D eigenvalue weighted by Gasteiger charge is -2.20. The Labute approximate surface area is 191 Å². The van der Waals surface area contributed by atoms with Crippen molar-refractivity contribution < 1.29 is 9.47 Å². The van der Waals surface area contributed by atoms with E-state index in [1.54, 1.807) is 25.7 Å². The molecule has 0 radical (unpaired) electrons. The molecule has 0 saturated heterocycles. The van der Waals surface area contributed by atoms with Gasteiger partial charge >= 0.3 is 0 Å². The minimum absolute atomic E-state index is 0.574. The molecule has 0 fully saturated rings. The molecule has 7 nitrogen and oxygen atoms in total. The predicted octanol–water partition coefficient (Wildman–Crippen LogP) is 4.39. The Balaban J connectivity index is 1.45. The lowest BCUT2D eigenvalue weighted by atomic mass is 10.0. The fraction of sp³-hybridized carbons (Fsp3) is 0.208. The summed E-state index contributed by atoms with van der Waals surface area (Å²) in [6, 6.07) is 13.7. The first-order valence-corrected chi connectivity index (χ1v) is 10.7. The van der Waals surface area contributed by atoms with Crippen molar-refractivity contribution >= 4 is 11.6 Å². The summed E-state index contributed by atoms with van der Waals surface area (Å²) < 4.78 is 13.8. The summed E-state index contributed by atoms with van der Waals surface area (Å²) in [6.45, 7) is 2.81. The van der Waals surface area contributed by atoms with Gasteiger partial charge in [0.2, 0.25) is 5.95 Å². The highest BCUT2D eigenvalue weighted by Crippen LogP contribution is 2.38. The van der Waals surface area contributed by atoms with E-state index in [2.05, 4.69) is 32.0 Å². The van der Waals surface area contributed by atoms with Crippen molar-refractivity contribution in [3.63, 3.8) is 0 Å². The molecule has 0 bridgehead atoms. The van der Waals surface area contributed by atoms with Gasteiger partial charge in [0.05, 0.1) is 17.8 Å². The topological polar surface area (TPSA) is 65.3 Å². The normalized spacial score (nSPS) is 13.8. The van der Waals surface area contributed by atoms with Crippen molar-refractivity contribution in [2.75, 3.05) is 20.3 Å². The zero-order valence-corrected chi connectivity index (χ0v) is 18.4. The third-order valence-corrected chi connectivity index (χ3v) is 5.63. The zero-order chi connectivity index (χ0) is 21.9. The number of ether oxygens (including phenoxy) is 2. The van der Waals surface area contributed by atoms with Crippen molar-refractivity contribution in [3.05, 3.63) is 83.5 Å². The molecule has 0 atom stereocenters. The minimum atomic E-state index is 0.574. The number of benzene rings is 1. The summed E-state index contributed by atoms with van der Waals surface area (Å²) in [4.78, 5) is 15.6. The SMILES string of the molecule is COc1cc(-c2ccc(Cl)cn2)cc2c1OCCN(Cc1cccn1-c1ncccn1)C2. The van der Waals surface area contributed by atoms with Crippen LogP contribution in [0.2, 0.25) is 5.02 Å². The molecule has 0 saturated carbocycles. The molecule has 5 rings (SSSR count). The molecule has 0 aliphatic carbocycles. The van der Waals surface area contributed by atoms with Gasteiger partial charge in [0.15, 0.2) is 11.5 Å². The van der Waals surface area contributed by atoms with Gasteiger partial charge in [0.1, 0.15) is 6.61 Å². The molecule has 0 amide bonds. The van der Waals surface area contributed by atoms with Crippen LogP contribution in [0.5, 0.6) is 11.5 Å². The highest BCUT2D eigenvalue weighted by molar-refractivity contribution is 6.30. The number of rotatable bonds is 5. The van der Waals surface area contributed by atoms with Crippen molar-refractivity contribution in [2.45, 2.75) is 13.1 Å². The Kier molecular flexibility index (Phi) is 5.75. The summed E-state index contributed by atoms with van der Waals surface area (Å²) in [5.41, 5.74) is 3.97. The Morgan fingerprint density at radius 1 is 1.09 bits per heavy atom. The van der Waals surface area contributed by atoms with Crippen LogP contribution < -0.4 is 9.47 Å². The van der Waals surface area contributed by atoms with Gasteiger partial charge in [0.25, 0.3) is 0 Å². The van der Waals surface area contributed by atoms with Crippen molar-refractivity contribution in [2.24, 2.45) is 0 Å². The van der Waals surface area contributed by atoms with Crippen LogP contribution in [-0.2, 0) is 13.1 Å². The maximum Gasteiger partial charge on any atom is 0.233 e. The number of aromatic nitrogens is 4. The average molecular weight is 448 g/mol. The number of fused-ring (bicyclic) bond motifs is 1. The standard InChI is InChI=1S/C24H22ClN5O2/c1-31-22-13-17(21-6-5-19(25)14-28-21)12-18-15-29(10-11-32-23(18)22)16-20-4-2-9-30(20)24-26-7-3-8-27-24/h2-9,12-14H,10-11,15-16H2,1H3. The molecule has 32 heavy (non-hydrogen) atoms. The molecule has 3 aromatic heterocycles. The second kappa shape index (κ2) is 8.98. The van der Waals surface area contributed by atoms with E-state index in [0.717, 1.165) is 41.4 Å². The van der Waals surface area contributed by atoms with E-state index in [1.165, 1.54) is 0 Å². The summed E-state index contributed by atoms with van der Waals surface area (Å²) in [6.07, 6.45) is 7.14. The number of pyridine rings is 1. The van der Waals surface area contributed by atoms with Gasteiger partial charge in [-0.2, -0.15) is 0 Å². The van der Waals surface area contributed by atoms with Gasteiger partial charge in [0, 0.05) is 61.2 Å². The van der Waals surface area contributed by atoms with Gasteiger partial charge in [-0.05, 0) is 42.5 Å². The van der Waals surface area contributed by atoms with Crippen LogP contribution in [0.15, 0.2) is 67.3 Å². The largest absolute Gasteiger partial charge is 0.493 e. The molecule has 4 heterocycles. The first kappa shape index (κ1) is 20.5. The van der Waals surface area contributed by atoms with E-state index in [4.69, 9.17) is 21.1 Å². The summed E-state index contributed by atoms with van der Waals surface area (Å²) in [5.74, 6) is 2.16. The van der Waals surface area contributed by atoms with Gasteiger partial charge < -0.3 is 9.47 Å². The molecular formula is C24H22ClN5O2. The smallest absolute Gasteiger partial charge is 0.233 e. The highest BCUT2D eigenvalue weighted by atomic mass is 35.5. The van der Waals surface area contributed by atoms with Crippen LogP contribution in [0.3, 0.4) is 0 Å². The number of nitrogens with zero attached hydrogens (tertiary/aromatic N) is 5. The first-order chi connectivity index (χ1) is 15.7. The van der Waals surface area contributed by atoms with E-state index in [1.807, 2.05) is 41.1 Å². The molecule has 1 aliphatic rings. The molecule has 0 spiro atoms. The quantitative estimate of drug-likeness (QED) is 0.452. The summed E-state index contributed by atoms with van der Waals surface area (Å²) in [7, 11) is 1.66. The Hall–Kier alpha value is -3.42. The molecule has 0 unspecified atom stereocenters. The van der Waals surface area contributed by atoms with Crippen LogP contribution >= 0.6 is 11.6 Å². The van der Waals surface area contributed by atoms with Crippen LogP contribution in [0, 0.1) is 0 Å². The fourth-order valence-corrected chi connectivity index (χ4v) is 4.02. The van der Waals surface area contributed by atoms with Crippen LogP contribution in [0.25, 0.3) is 17.2 Å². The van der Waals surface area contributed by atoms with E-state index in [0.29, 0.717) is 29.9 Å². The zero-order valence-electron chi connectivity index (χ0n) is 17.6. The van der Waals surface area contributed by atoms with Gasteiger partial charge in [-0.3, -0.25) is 14.5 Å². The number of methoxy groups -OCH3 is 1.